The van der Waals surface area contributed by atoms with E-state index in [0.717, 1.165) is 25.9 Å². The molecule has 1 saturated heterocycles. The first-order valence-corrected chi connectivity index (χ1v) is 7.13. The summed E-state index contributed by atoms with van der Waals surface area (Å²) in [6.45, 7) is 2.14. The minimum absolute atomic E-state index is 0.132. The minimum Gasteiger partial charge on any atom is -0.352 e. The van der Waals surface area contributed by atoms with Gasteiger partial charge < -0.3 is 10.2 Å². The van der Waals surface area contributed by atoms with E-state index in [1.807, 2.05) is 4.90 Å². The van der Waals surface area contributed by atoms with Crippen LogP contribution in [-0.2, 0) is 4.79 Å². The monoisotopic (exact) mass is 325 g/mol. The summed E-state index contributed by atoms with van der Waals surface area (Å²) in [5.74, 6) is 0.0937. The Morgan fingerprint density at radius 2 is 2.32 bits per heavy atom. The second-order valence-electron chi connectivity index (χ2n) is 4.46. The summed E-state index contributed by atoms with van der Waals surface area (Å²) in [6.07, 6.45) is 3.93. The van der Waals surface area contributed by atoms with Crippen molar-refractivity contribution >= 4 is 27.7 Å². The van der Waals surface area contributed by atoms with E-state index in [-0.39, 0.29) is 11.8 Å². The lowest BCUT2D eigenvalue weighted by atomic mass is 10.2. The van der Waals surface area contributed by atoms with Crippen LogP contribution in [0.2, 0.25) is 0 Å². The standard InChI is InChI=1S/C13H16BrN3O2/c14-11-5-4-10(9-16-11)13(19)15-6-2-8-17-7-1-3-12(17)18/h4-5,9H,1-3,6-8H2,(H,15,19). The van der Waals surface area contributed by atoms with E-state index in [0.29, 0.717) is 23.1 Å². The van der Waals surface area contributed by atoms with Gasteiger partial charge in [0.2, 0.25) is 5.91 Å². The van der Waals surface area contributed by atoms with Gasteiger partial charge in [-0.1, -0.05) is 0 Å². The van der Waals surface area contributed by atoms with Crippen LogP contribution >= 0.6 is 15.9 Å². The molecular formula is C13H16BrN3O2. The molecule has 1 aromatic heterocycles. The van der Waals surface area contributed by atoms with Gasteiger partial charge in [-0.3, -0.25) is 9.59 Å². The van der Waals surface area contributed by atoms with E-state index in [1.54, 1.807) is 12.1 Å². The molecule has 2 heterocycles. The Bertz CT molecular complexity index is 461. The van der Waals surface area contributed by atoms with Crippen molar-refractivity contribution in [3.8, 4) is 0 Å². The van der Waals surface area contributed by atoms with Crippen LogP contribution < -0.4 is 5.32 Å². The number of carbonyl (C=O) groups excluding carboxylic acids is 2. The fourth-order valence-corrected chi connectivity index (χ4v) is 2.26. The van der Waals surface area contributed by atoms with Crippen molar-refractivity contribution in [2.75, 3.05) is 19.6 Å². The third-order valence-electron chi connectivity index (χ3n) is 3.05. The van der Waals surface area contributed by atoms with E-state index in [1.165, 1.54) is 6.20 Å². The number of nitrogens with one attached hydrogen (secondary N) is 1. The number of amides is 2. The van der Waals surface area contributed by atoms with Crippen molar-refractivity contribution in [1.29, 1.82) is 0 Å². The molecule has 19 heavy (non-hydrogen) atoms. The van der Waals surface area contributed by atoms with E-state index >= 15 is 0 Å². The summed E-state index contributed by atoms with van der Waals surface area (Å²) in [5, 5.41) is 2.82. The Kier molecular flexibility index (Phi) is 4.90. The maximum Gasteiger partial charge on any atom is 0.252 e. The molecule has 1 aliphatic rings. The maximum absolute atomic E-state index is 11.8. The van der Waals surface area contributed by atoms with Crippen LogP contribution in [0.1, 0.15) is 29.6 Å². The summed E-state index contributed by atoms with van der Waals surface area (Å²) < 4.78 is 0.705. The van der Waals surface area contributed by atoms with Gasteiger partial charge in [0.1, 0.15) is 4.60 Å². The Hall–Kier alpha value is -1.43. The summed E-state index contributed by atoms with van der Waals surface area (Å²) in [5.41, 5.74) is 0.542. The molecular weight excluding hydrogens is 310 g/mol. The lowest BCUT2D eigenvalue weighted by Gasteiger charge is -2.15. The predicted octanol–water partition coefficient (Wildman–Crippen LogP) is 1.59. The molecule has 2 amide bonds. The molecule has 0 aliphatic carbocycles. The molecule has 1 aliphatic heterocycles. The third-order valence-corrected chi connectivity index (χ3v) is 3.52. The third kappa shape index (κ3) is 4.02. The van der Waals surface area contributed by atoms with Gasteiger partial charge >= 0.3 is 0 Å². The first-order valence-electron chi connectivity index (χ1n) is 6.34. The highest BCUT2D eigenvalue weighted by Crippen LogP contribution is 2.09. The summed E-state index contributed by atoms with van der Waals surface area (Å²) in [6, 6.07) is 3.45. The molecule has 102 valence electrons. The molecule has 0 spiro atoms. The molecule has 2 rings (SSSR count). The highest BCUT2D eigenvalue weighted by Gasteiger charge is 2.19. The van der Waals surface area contributed by atoms with Gasteiger partial charge in [0.25, 0.3) is 5.91 Å². The smallest absolute Gasteiger partial charge is 0.252 e. The highest BCUT2D eigenvalue weighted by molar-refractivity contribution is 9.10. The van der Waals surface area contributed by atoms with E-state index < -0.39 is 0 Å². The van der Waals surface area contributed by atoms with Crippen molar-refractivity contribution in [1.82, 2.24) is 15.2 Å². The highest BCUT2D eigenvalue weighted by atomic mass is 79.9. The van der Waals surface area contributed by atoms with Crippen LogP contribution in [0, 0.1) is 0 Å². The maximum atomic E-state index is 11.8. The number of rotatable bonds is 5. The van der Waals surface area contributed by atoms with Crippen LogP contribution in [0.4, 0.5) is 0 Å². The molecule has 0 radical (unpaired) electrons. The van der Waals surface area contributed by atoms with Crippen LogP contribution in [0.25, 0.3) is 0 Å². The predicted molar refractivity (Wildman–Crippen MR) is 74.7 cm³/mol. The fourth-order valence-electron chi connectivity index (χ4n) is 2.02. The number of hydrogen-bond acceptors (Lipinski definition) is 3. The molecule has 6 heteroatoms. The zero-order valence-corrected chi connectivity index (χ0v) is 12.1. The number of carbonyl (C=O) groups is 2. The van der Waals surface area contributed by atoms with E-state index in [9.17, 15) is 9.59 Å². The fraction of sp³-hybridized carbons (Fsp3) is 0.462. The van der Waals surface area contributed by atoms with Crippen LogP contribution in [0.5, 0.6) is 0 Å². The SMILES string of the molecule is O=C(NCCCN1CCCC1=O)c1ccc(Br)nc1. The van der Waals surface area contributed by atoms with Crippen molar-refractivity contribution in [3.05, 3.63) is 28.5 Å². The molecule has 0 bridgehead atoms. The number of likely N-dealkylation sites (tertiary alicyclic amines) is 1. The second kappa shape index (κ2) is 6.65. The van der Waals surface area contributed by atoms with E-state index in [4.69, 9.17) is 0 Å². The Balaban J connectivity index is 1.69. The van der Waals surface area contributed by atoms with Crippen molar-refractivity contribution < 1.29 is 9.59 Å². The van der Waals surface area contributed by atoms with E-state index in [2.05, 4.69) is 26.2 Å². The molecule has 5 nitrogen and oxygen atoms in total. The van der Waals surface area contributed by atoms with Crippen LogP contribution in [-0.4, -0.2) is 41.3 Å². The van der Waals surface area contributed by atoms with Gasteiger partial charge in [-0.15, -0.1) is 0 Å². The molecule has 0 saturated carbocycles. The largest absolute Gasteiger partial charge is 0.352 e. The van der Waals surface area contributed by atoms with Gasteiger partial charge in [0.15, 0.2) is 0 Å². The first kappa shape index (κ1) is 14.0. The normalized spacial score (nSPS) is 14.8. The van der Waals surface area contributed by atoms with Gasteiger partial charge in [-0.25, -0.2) is 4.98 Å². The number of hydrogen-bond donors (Lipinski definition) is 1. The molecule has 0 aromatic carbocycles. The molecule has 1 aromatic rings. The zero-order chi connectivity index (χ0) is 13.7. The van der Waals surface area contributed by atoms with Crippen LogP contribution in [0.3, 0.4) is 0 Å². The van der Waals surface area contributed by atoms with Crippen molar-refractivity contribution in [2.45, 2.75) is 19.3 Å². The van der Waals surface area contributed by atoms with Crippen molar-refractivity contribution in [3.63, 3.8) is 0 Å². The number of halogens is 1. The quantitative estimate of drug-likeness (QED) is 0.660. The summed E-state index contributed by atoms with van der Waals surface area (Å²) in [7, 11) is 0. The van der Waals surface area contributed by atoms with Crippen LogP contribution in [0.15, 0.2) is 22.9 Å². The van der Waals surface area contributed by atoms with Gasteiger partial charge in [-0.05, 0) is 40.9 Å². The molecule has 1 N–H and O–H groups in total. The lowest BCUT2D eigenvalue weighted by molar-refractivity contribution is -0.127. The average Bonchev–Trinajstić information content (AvgIpc) is 2.81. The molecule has 1 fully saturated rings. The minimum atomic E-state index is -0.132. The Labute approximate surface area is 120 Å². The lowest BCUT2D eigenvalue weighted by Crippen LogP contribution is -2.30. The molecule has 0 unspecified atom stereocenters. The topological polar surface area (TPSA) is 62.3 Å². The van der Waals surface area contributed by atoms with Gasteiger partial charge in [0, 0.05) is 32.3 Å². The number of pyridine rings is 1. The average molecular weight is 326 g/mol. The second-order valence-corrected chi connectivity index (χ2v) is 5.28. The van der Waals surface area contributed by atoms with Gasteiger partial charge in [0.05, 0.1) is 5.56 Å². The summed E-state index contributed by atoms with van der Waals surface area (Å²) in [4.78, 5) is 29.0. The van der Waals surface area contributed by atoms with Crippen molar-refractivity contribution in [2.24, 2.45) is 0 Å². The Morgan fingerprint density at radius 3 is 2.95 bits per heavy atom. The van der Waals surface area contributed by atoms with Gasteiger partial charge in [-0.2, -0.15) is 0 Å². The first-order chi connectivity index (χ1) is 9.16. The zero-order valence-electron chi connectivity index (χ0n) is 10.6. The Morgan fingerprint density at radius 1 is 1.47 bits per heavy atom. The summed E-state index contributed by atoms with van der Waals surface area (Å²) >= 11 is 3.22. The molecule has 0 atom stereocenters. The number of aromatic nitrogens is 1. The number of nitrogens with zero attached hydrogens (tertiary/aromatic N) is 2.